The second-order valence-electron chi connectivity index (χ2n) is 7.44. The normalized spacial score (nSPS) is 25.4. The molecule has 1 amide bonds. The number of amides is 1. The predicted octanol–water partition coefficient (Wildman–Crippen LogP) is 1.66. The molecule has 3 aliphatic rings. The Bertz CT molecular complexity index is 342. The van der Waals surface area contributed by atoms with Crippen LogP contribution in [0.15, 0.2) is 0 Å². The number of hydrogen-bond donors (Lipinski definition) is 0. The average molecular weight is 293 g/mol. The molecule has 4 heteroatoms. The Labute approximate surface area is 129 Å². The smallest absolute Gasteiger partial charge is 0.236 e. The van der Waals surface area contributed by atoms with E-state index >= 15 is 0 Å². The van der Waals surface area contributed by atoms with E-state index in [9.17, 15) is 4.79 Å². The van der Waals surface area contributed by atoms with Gasteiger partial charge in [-0.3, -0.25) is 9.69 Å². The number of likely N-dealkylation sites (tertiary alicyclic amines) is 2. The van der Waals surface area contributed by atoms with Crippen molar-refractivity contribution in [2.75, 3.05) is 52.9 Å². The van der Waals surface area contributed by atoms with Gasteiger partial charge in [0, 0.05) is 20.1 Å². The summed E-state index contributed by atoms with van der Waals surface area (Å²) in [5.41, 5.74) is 0. The Hall–Kier alpha value is -0.610. The van der Waals surface area contributed by atoms with Gasteiger partial charge >= 0.3 is 0 Å². The lowest BCUT2D eigenvalue weighted by molar-refractivity contribution is -0.131. The molecule has 0 N–H and O–H groups in total. The number of nitrogens with zero attached hydrogens (tertiary/aromatic N) is 3. The van der Waals surface area contributed by atoms with Gasteiger partial charge in [0.1, 0.15) is 0 Å². The van der Waals surface area contributed by atoms with Crippen LogP contribution in [0.1, 0.15) is 38.5 Å². The van der Waals surface area contributed by atoms with E-state index in [2.05, 4.69) is 9.80 Å². The van der Waals surface area contributed by atoms with E-state index in [1.165, 1.54) is 58.2 Å². The first-order valence-corrected chi connectivity index (χ1v) is 8.89. The monoisotopic (exact) mass is 293 g/mol. The van der Waals surface area contributed by atoms with Gasteiger partial charge in [0.25, 0.3) is 0 Å². The summed E-state index contributed by atoms with van der Waals surface area (Å²) < 4.78 is 0. The van der Waals surface area contributed by atoms with Crippen LogP contribution in [0.5, 0.6) is 0 Å². The minimum absolute atomic E-state index is 0.319. The van der Waals surface area contributed by atoms with Crippen LogP contribution in [0.25, 0.3) is 0 Å². The SMILES string of the molecule is CN(CC1CC1)C(=O)CN1CCC(CN2CCCC2)CC1. The molecule has 0 aromatic carbocycles. The number of carbonyl (C=O) groups is 1. The molecule has 4 nitrogen and oxygen atoms in total. The van der Waals surface area contributed by atoms with Gasteiger partial charge in [-0.15, -0.1) is 0 Å². The number of hydrogen-bond acceptors (Lipinski definition) is 3. The third-order valence-corrected chi connectivity index (χ3v) is 5.44. The molecule has 0 atom stereocenters. The molecule has 0 aromatic rings. The molecule has 3 rings (SSSR count). The topological polar surface area (TPSA) is 26.8 Å². The van der Waals surface area contributed by atoms with Gasteiger partial charge < -0.3 is 9.80 Å². The van der Waals surface area contributed by atoms with Crippen LogP contribution < -0.4 is 0 Å². The third-order valence-electron chi connectivity index (χ3n) is 5.44. The molecular weight excluding hydrogens is 262 g/mol. The van der Waals surface area contributed by atoms with E-state index in [1.54, 1.807) is 0 Å². The first kappa shape index (κ1) is 15.3. The quantitative estimate of drug-likeness (QED) is 0.745. The van der Waals surface area contributed by atoms with Crippen molar-refractivity contribution < 1.29 is 4.79 Å². The van der Waals surface area contributed by atoms with Crippen LogP contribution in [0.2, 0.25) is 0 Å². The minimum Gasteiger partial charge on any atom is -0.344 e. The second kappa shape index (κ2) is 7.10. The van der Waals surface area contributed by atoms with Gasteiger partial charge in [-0.25, -0.2) is 0 Å². The molecule has 0 unspecified atom stereocenters. The molecule has 1 saturated carbocycles. The summed E-state index contributed by atoms with van der Waals surface area (Å²) in [6, 6.07) is 0. The summed E-state index contributed by atoms with van der Waals surface area (Å²) in [5.74, 6) is 1.98. The van der Waals surface area contributed by atoms with Gasteiger partial charge in [-0.05, 0) is 76.5 Å². The lowest BCUT2D eigenvalue weighted by atomic mass is 9.96. The van der Waals surface area contributed by atoms with Crippen LogP contribution in [0, 0.1) is 11.8 Å². The Morgan fingerprint density at radius 3 is 2.24 bits per heavy atom. The Morgan fingerprint density at radius 1 is 0.952 bits per heavy atom. The molecule has 0 radical (unpaired) electrons. The number of carbonyl (C=O) groups excluding carboxylic acids is 1. The van der Waals surface area contributed by atoms with Crippen molar-refractivity contribution in [3.63, 3.8) is 0 Å². The van der Waals surface area contributed by atoms with E-state index < -0.39 is 0 Å². The Balaban J connectivity index is 1.33. The average Bonchev–Trinajstić information content (AvgIpc) is 3.14. The van der Waals surface area contributed by atoms with Crippen molar-refractivity contribution in [3.8, 4) is 0 Å². The summed E-state index contributed by atoms with van der Waals surface area (Å²) in [7, 11) is 1.97. The lowest BCUT2D eigenvalue weighted by Crippen LogP contribution is -2.44. The van der Waals surface area contributed by atoms with Crippen molar-refractivity contribution in [2.24, 2.45) is 11.8 Å². The largest absolute Gasteiger partial charge is 0.344 e. The maximum Gasteiger partial charge on any atom is 0.236 e. The van der Waals surface area contributed by atoms with Gasteiger partial charge in [-0.1, -0.05) is 0 Å². The van der Waals surface area contributed by atoms with Crippen LogP contribution in [0.3, 0.4) is 0 Å². The predicted molar refractivity (Wildman–Crippen MR) is 85.2 cm³/mol. The van der Waals surface area contributed by atoms with E-state index in [0.29, 0.717) is 12.5 Å². The molecule has 1 aliphatic carbocycles. The molecular formula is C17H31N3O. The molecule has 0 spiro atoms. The van der Waals surface area contributed by atoms with E-state index in [0.717, 1.165) is 31.5 Å². The highest BCUT2D eigenvalue weighted by atomic mass is 16.2. The van der Waals surface area contributed by atoms with Crippen molar-refractivity contribution in [1.82, 2.24) is 14.7 Å². The lowest BCUT2D eigenvalue weighted by Gasteiger charge is -2.34. The standard InChI is InChI=1S/C17H31N3O/c1-18(12-15-4-5-15)17(21)14-20-10-6-16(7-11-20)13-19-8-2-3-9-19/h15-16H,2-14H2,1H3. The fourth-order valence-corrected chi connectivity index (χ4v) is 3.76. The van der Waals surface area contributed by atoms with Crippen molar-refractivity contribution in [2.45, 2.75) is 38.5 Å². The number of piperidine rings is 1. The first-order chi connectivity index (χ1) is 10.2. The van der Waals surface area contributed by atoms with Gasteiger partial charge in [0.15, 0.2) is 0 Å². The second-order valence-corrected chi connectivity index (χ2v) is 7.44. The summed E-state index contributed by atoms with van der Waals surface area (Å²) in [6.45, 7) is 7.76. The highest BCUT2D eigenvalue weighted by molar-refractivity contribution is 5.78. The summed E-state index contributed by atoms with van der Waals surface area (Å²) in [5, 5.41) is 0. The fraction of sp³-hybridized carbons (Fsp3) is 0.941. The molecule has 2 saturated heterocycles. The molecule has 0 bridgehead atoms. The van der Waals surface area contributed by atoms with Crippen molar-refractivity contribution in [1.29, 1.82) is 0 Å². The highest BCUT2D eigenvalue weighted by Gasteiger charge is 2.27. The zero-order valence-electron chi connectivity index (χ0n) is 13.6. The summed E-state index contributed by atoms with van der Waals surface area (Å²) in [4.78, 5) is 19.2. The number of likely N-dealkylation sites (N-methyl/N-ethyl adjacent to an activating group) is 1. The van der Waals surface area contributed by atoms with E-state index in [-0.39, 0.29) is 0 Å². The molecule has 0 aromatic heterocycles. The Kier molecular flexibility index (Phi) is 5.17. The maximum atomic E-state index is 12.2. The third kappa shape index (κ3) is 4.68. The van der Waals surface area contributed by atoms with Gasteiger partial charge in [0.05, 0.1) is 6.54 Å². The fourth-order valence-electron chi connectivity index (χ4n) is 3.76. The maximum absolute atomic E-state index is 12.2. The summed E-state index contributed by atoms with van der Waals surface area (Å²) in [6.07, 6.45) is 7.96. The first-order valence-electron chi connectivity index (χ1n) is 8.89. The molecule has 2 aliphatic heterocycles. The van der Waals surface area contributed by atoms with Crippen molar-refractivity contribution >= 4 is 5.91 Å². The molecule has 120 valence electrons. The van der Waals surface area contributed by atoms with Gasteiger partial charge in [0.2, 0.25) is 5.91 Å². The van der Waals surface area contributed by atoms with Crippen molar-refractivity contribution in [3.05, 3.63) is 0 Å². The van der Waals surface area contributed by atoms with E-state index in [1.807, 2.05) is 11.9 Å². The zero-order chi connectivity index (χ0) is 14.7. The molecule has 21 heavy (non-hydrogen) atoms. The minimum atomic E-state index is 0.319. The van der Waals surface area contributed by atoms with Gasteiger partial charge in [-0.2, -0.15) is 0 Å². The highest BCUT2D eigenvalue weighted by Crippen LogP contribution is 2.29. The Morgan fingerprint density at radius 2 is 1.62 bits per heavy atom. The van der Waals surface area contributed by atoms with Crippen LogP contribution in [-0.4, -0.2) is 73.5 Å². The summed E-state index contributed by atoms with van der Waals surface area (Å²) >= 11 is 0. The molecule has 2 heterocycles. The zero-order valence-corrected chi connectivity index (χ0v) is 13.6. The van der Waals surface area contributed by atoms with Crippen LogP contribution in [-0.2, 0) is 4.79 Å². The number of rotatable bonds is 6. The van der Waals surface area contributed by atoms with Crippen LogP contribution in [0.4, 0.5) is 0 Å². The molecule has 3 fully saturated rings. The van der Waals surface area contributed by atoms with Crippen LogP contribution >= 0.6 is 0 Å². The van der Waals surface area contributed by atoms with E-state index in [4.69, 9.17) is 0 Å².